The quantitative estimate of drug-likeness (QED) is 0.657. The van der Waals surface area contributed by atoms with Crippen LogP contribution in [0.1, 0.15) is 0 Å². The Morgan fingerprint density at radius 3 is 1.21 bits per heavy atom. The van der Waals surface area contributed by atoms with Crippen molar-refractivity contribution in [3.05, 3.63) is 24.8 Å². The molecule has 0 bridgehead atoms. The molecule has 0 atom stereocenters. The van der Waals surface area contributed by atoms with Gasteiger partial charge in [0, 0.05) is 35.9 Å². The summed E-state index contributed by atoms with van der Waals surface area (Å²) in [5.41, 5.74) is 12.3. The van der Waals surface area contributed by atoms with Gasteiger partial charge in [0.25, 0.3) is 0 Å². The van der Waals surface area contributed by atoms with Crippen LogP contribution in [0.5, 0.6) is 0 Å². The zero-order chi connectivity index (χ0) is 9.97. The van der Waals surface area contributed by atoms with Gasteiger partial charge in [-0.3, -0.25) is 0 Å². The first kappa shape index (κ1) is 8.36. The molecule has 0 aromatic carbocycles. The minimum atomic E-state index is 0.241. The van der Waals surface area contributed by atoms with Crippen molar-refractivity contribution in [3.8, 4) is 11.1 Å². The van der Waals surface area contributed by atoms with Crippen molar-refractivity contribution in [2.24, 2.45) is 0 Å². The number of nitrogen functional groups attached to an aromatic ring is 2. The molecule has 2 rings (SSSR count). The van der Waals surface area contributed by atoms with Gasteiger partial charge in [-0.1, -0.05) is 0 Å². The van der Waals surface area contributed by atoms with Crippen molar-refractivity contribution in [2.75, 3.05) is 11.5 Å². The average Bonchev–Trinajstić information content (AvgIpc) is 2.21. The average molecular weight is 188 g/mol. The Morgan fingerprint density at radius 2 is 0.929 bits per heavy atom. The number of nitrogens with two attached hydrogens (primary N) is 2. The highest BCUT2D eigenvalue weighted by atomic mass is 15.0. The van der Waals surface area contributed by atoms with Gasteiger partial charge in [0.15, 0.2) is 0 Å². The van der Waals surface area contributed by atoms with Gasteiger partial charge in [-0.25, -0.2) is 19.9 Å². The molecule has 14 heavy (non-hydrogen) atoms. The van der Waals surface area contributed by atoms with Gasteiger partial charge in [-0.2, -0.15) is 0 Å². The highest BCUT2D eigenvalue weighted by molar-refractivity contribution is 5.60. The Bertz CT molecular complexity index is 377. The van der Waals surface area contributed by atoms with Crippen LogP contribution in [0.25, 0.3) is 11.1 Å². The third-order valence-corrected chi connectivity index (χ3v) is 1.68. The van der Waals surface area contributed by atoms with E-state index in [0.717, 1.165) is 11.1 Å². The van der Waals surface area contributed by atoms with Gasteiger partial charge in [-0.05, 0) is 0 Å². The van der Waals surface area contributed by atoms with Crippen LogP contribution in [0.15, 0.2) is 24.8 Å². The van der Waals surface area contributed by atoms with Gasteiger partial charge in [-0.15, -0.1) is 0 Å². The molecule has 4 N–H and O–H groups in total. The van der Waals surface area contributed by atoms with E-state index >= 15 is 0 Å². The van der Waals surface area contributed by atoms with Gasteiger partial charge < -0.3 is 11.5 Å². The standard InChI is InChI=1S/C8H8N6/c9-7-11-1-5(2-12-7)6-3-13-8(10)14-4-6/h1-4H,(H2,9,11,12)(H2,10,13,14). The molecule has 0 aliphatic heterocycles. The number of hydrogen-bond donors (Lipinski definition) is 2. The van der Waals surface area contributed by atoms with Gasteiger partial charge in [0.2, 0.25) is 11.9 Å². The number of aromatic nitrogens is 4. The minimum absolute atomic E-state index is 0.241. The molecule has 70 valence electrons. The molecule has 0 spiro atoms. The Hall–Kier alpha value is -2.24. The minimum Gasteiger partial charge on any atom is -0.368 e. The van der Waals surface area contributed by atoms with Crippen LogP contribution in [-0.4, -0.2) is 19.9 Å². The molecule has 2 aromatic heterocycles. The summed E-state index contributed by atoms with van der Waals surface area (Å²) in [5.74, 6) is 0.482. The van der Waals surface area contributed by atoms with E-state index in [4.69, 9.17) is 11.5 Å². The fraction of sp³-hybridized carbons (Fsp3) is 0. The van der Waals surface area contributed by atoms with Crippen LogP contribution >= 0.6 is 0 Å². The van der Waals surface area contributed by atoms with Gasteiger partial charge in [0.1, 0.15) is 0 Å². The molecule has 6 heteroatoms. The Morgan fingerprint density at radius 1 is 0.643 bits per heavy atom. The van der Waals surface area contributed by atoms with Crippen LogP contribution in [0.3, 0.4) is 0 Å². The van der Waals surface area contributed by atoms with Crippen molar-refractivity contribution < 1.29 is 0 Å². The summed E-state index contributed by atoms with van der Waals surface area (Å²) in [6.45, 7) is 0. The summed E-state index contributed by atoms with van der Waals surface area (Å²) >= 11 is 0. The third-order valence-electron chi connectivity index (χ3n) is 1.68. The molecule has 0 aliphatic rings. The van der Waals surface area contributed by atoms with E-state index < -0.39 is 0 Å². The van der Waals surface area contributed by atoms with Crippen molar-refractivity contribution in [2.45, 2.75) is 0 Å². The highest BCUT2D eigenvalue weighted by Gasteiger charge is 1.99. The molecule has 0 amide bonds. The van der Waals surface area contributed by atoms with Crippen LogP contribution < -0.4 is 11.5 Å². The molecule has 0 saturated carbocycles. The maximum Gasteiger partial charge on any atom is 0.219 e. The summed E-state index contributed by atoms with van der Waals surface area (Å²) in [4.78, 5) is 15.4. The Kier molecular flexibility index (Phi) is 1.94. The predicted molar refractivity (Wildman–Crippen MR) is 51.9 cm³/mol. The normalized spacial score (nSPS) is 10.0. The smallest absolute Gasteiger partial charge is 0.219 e. The van der Waals surface area contributed by atoms with Crippen LogP contribution in [0.4, 0.5) is 11.9 Å². The zero-order valence-corrected chi connectivity index (χ0v) is 7.25. The third kappa shape index (κ3) is 1.58. The molecule has 2 aromatic rings. The van der Waals surface area contributed by atoms with E-state index in [-0.39, 0.29) is 11.9 Å². The van der Waals surface area contributed by atoms with Crippen molar-refractivity contribution >= 4 is 11.9 Å². The fourth-order valence-corrected chi connectivity index (χ4v) is 0.974. The first-order valence-electron chi connectivity index (χ1n) is 3.91. The molecular formula is C8H8N6. The molecule has 2 heterocycles. The van der Waals surface area contributed by atoms with Gasteiger partial charge in [0.05, 0.1) is 0 Å². The number of anilines is 2. The lowest BCUT2D eigenvalue weighted by Crippen LogP contribution is -1.96. The van der Waals surface area contributed by atoms with Crippen LogP contribution in [-0.2, 0) is 0 Å². The number of nitrogens with zero attached hydrogens (tertiary/aromatic N) is 4. The lowest BCUT2D eigenvalue weighted by Gasteiger charge is -1.99. The second-order valence-electron chi connectivity index (χ2n) is 2.66. The van der Waals surface area contributed by atoms with E-state index in [9.17, 15) is 0 Å². The Labute approximate surface area is 80.0 Å². The van der Waals surface area contributed by atoms with E-state index in [1.807, 2.05) is 0 Å². The summed E-state index contributed by atoms with van der Waals surface area (Å²) < 4.78 is 0. The van der Waals surface area contributed by atoms with Crippen LogP contribution in [0.2, 0.25) is 0 Å². The molecule has 0 saturated heterocycles. The summed E-state index contributed by atoms with van der Waals surface area (Å²) in [5, 5.41) is 0. The van der Waals surface area contributed by atoms with E-state index in [0.29, 0.717) is 0 Å². The number of hydrogen-bond acceptors (Lipinski definition) is 6. The van der Waals surface area contributed by atoms with Crippen LogP contribution in [0, 0.1) is 0 Å². The molecule has 0 radical (unpaired) electrons. The highest BCUT2D eigenvalue weighted by Crippen LogP contribution is 2.15. The lowest BCUT2D eigenvalue weighted by atomic mass is 10.2. The largest absolute Gasteiger partial charge is 0.368 e. The fourth-order valence-electron chi connectivity index (χ4n) is 0.974. The molecule has 6 nitrogen and oxygen atoms in total. The SMILES string of the molecule is Nc1ncc(-c2cnc(N)nc2)cn1. The predicted octanol–water partition coefficient (Wildman–Crippen LogP) is 0.0980. The maximum atomic E-state index is 5.36. The second-order valence-corrected chi connectivity index (χ2v) is 2.66. The molecular weight excluding hydrogens is 180 g/mol. The summed E-state index contributed by atoms with van der Waals surface area (Å²) in [6, 6.07) is 0. The molecule has 0 fully saturated rings. The summed E-state index contributed by atoms with van der Waals surface area (Å²) in [7, 11) is 0. The van der Waals surface area contributed by atoms with E-state index in [1.165, 1.54) is 0 Å². The van der Waals surface area contributed by atoms with Crippen molar-refractivity contribution in [1.29, 1.82) is 0 Å². The zero-order valence-electron chi connectivity index (χ0n) is 7.25. The monoisotopic (exact) mass is 188 g/mol. The second kappa shape index (κ2) is 3.25. The maximum absolute atomic E-state index is 5.36. The van der Waals surface area contributed by atoms with E-state index in [1.54, 1.807) is 24.8 Å². The van der Waals surface area contributed by atoms with E-state index in [2.05, 4.69) is 19.9 Å². The first-order chi connectivity index (χ1) is 6.75. The number of rotatable bonds is 1. The van der Waals surface area contributed by atoms with Crippen molar-refractivity contribution in [1.82, 2.24) is 19.9 Å². The molecule has 0 aliphatic carbocycles. The summed E-state index contributed by atoms with van der Waals surface area (Å²) in [6.07, 6.45) is 6.43. The topological polar surface area (TPSA) is 104 Å². The first-order valence-corrected chi connectivity index (χ1v) is 3.91. The Balaban J connectivity index is 2.40. The van der Waals surface area contributed by atoms with Gasteiger partial charge >= 0.3 is 0 Å². The van der Waals surface area contributed by atoms with Crippen molar-refractivity contribution in [3.63, 3.8) is 0 Å². The molecule has 0 unspecified atom stereocenters. The lowest BCUT2D eigenvalue weighted by molar-refractivity contribution is 1.16.